The Morgan fingerprint density at radius 1 is 1.70 bits per heavy atom. The average molecular weight is 174 g/mol. The molecule has 0 unspecified atom stereocenters. The van der Waals surface area contributed by atoms with Gasteiger partial charge >= 0.3 is 0 Å². The summed E-state index contributed by atoms with van der Waals surface area (Å²) in [7, 11) is 0. The van der Waals surface area contributed by atoms with Crippen LogP contribution in [0, 0.1) is 0 Å². The van der Waals surface area contributed by atoms with Gasteiger partial charge in [0.1, 0.15) is 5.51 Å². The highest BCUT2D eigenvalue weighted by Gasteiger charge is 1.94. The number of aromatic nitrogens is 2. The summed E-state index contributed by atoms with van der Waals surface area (Å²) in [6.45, 7) is 2.19. The SMILES string of the molecule is CCCCSc1ncsn1. The third-order valence-corrected chi connectivity index (χ3v) is 2.61. The molecular weight excluding hydrogens is 164 g/mol. The van der Waals surface area contributed by atoms with Gasteiger partial charge in [-0.2, -0.15) is 4.37 Å². The molecule has 0 saturated carbocycles. The predicted octanol–water partition coefficient (Wildman–Crippen LogP) is 2.43. The van der Waals surface area contributed by atoms with E-state index < -0.39 is 0 Å². The van der Waals surface area contributed by atoms with Crippen LogP contribution in [-0.2, 0) is 0 Å². The van der Waals surface area contributed by atoms with Crippen molar-refractivity contribution < 1.29 is 0 Å². The first-order valence-electron chi connectivity index (χ1n) is 3.32. The molecule has 10 heavy (non-hydrogen) atoms. The van der Waals surface area contributed by atoms with E-state index in [4.69, 9.17) is 0 Å². The monoisotopic (exact) mass is 174 g/mol. The summed E-state index contributed by atoms with van der Waals surface area (Å²) in [5, 5.41) is 0.929. The van der Waals surface area contributed by atoms with Crippen molar-refractivity contribution in [1.82, 2.24) is 9.36 Å². The highest BCUT2D eigenvalue weighted by molar-refractivity contribution is 7.99. The van der Waals surface area contributed by atoms with E-state index in [1.807, 2.05) is 0 Å². The van der Waals surface area contributed by atoms with Gasteiger partial charge in [0.25, 0.3) is 0 Å². The van der Waals surface area contributed by atoms with Crippen LogP contribution in [0.15, 0.2) is 10.7 Å². The van der Waals surface area contributed by atoms with Crippen molar-refractivity contribution in [1.29, 1.82) is 0 Å². The van der Waals surface area contributed by atoms with Crippen molar-refractivity contribution in [3.05, 3.63) is 5.51 Å². The number of hydrogen-bond acceptors (Lipinski definition) is 4. The van der Waals surface area contributed by atoms with Gasteiger partial charge in [-0.3, -0.25) is 0 Å². The maximum Gasteiger partial charge on any atom is 0.200 e. The lowest BCUT2D eigenvalue weighted by Gasteiger charge is -1.91. The number of nitrogens with zero attached hydrogens (tertiary/aromatic N) is 2. The van der Waals surface area contributed by atoms with Gasteiger partial charge in [0.15, 0.2) is 5.16 Å². The molecule has 1 aromatic rings. The molecule has 0 aliphatic carbocycles. The van der Waals surface area contributed by atoms with Crippen molar-refractivity contribution in [3.63, 3.8) is 0 Å². The van der Waals surface area contributed by atoms with Gasteiger partial charge < -0.3 is 0 Å². The number of hydrogen-bond donors (Lipinski definition) is 0. The Balaban J connectivity index is 2.15. The molecule has 0 amide bonds. The third-order valence-electron chi connectivity index (χ3n) is 1.07. The fourth-order valence-electron chi connectivity index (χ4n) is 0.532. The molecule has 1 aromatic heterocycles. The Bertz CT molecular complexity index is 162. The minimum absolute atomic E-state index is 0.929. The lowest BCUT2D eigenvalue weighted by atomic mass is 10.4. The van der Waals surface area contributed by atoms with Gasteiger partial charge in [-0.25, -0.2) is 4.98 Å². The molecule has 0 fully saturated rings. The second-order valence-corrected chi connectivity index (χ2v) is 3.58. The maximum atomic E-state index is 4.08. The highest BCUT2D eigenvalue weighted by Crippen LogP contribution is 2.14. The lowest BCUT2D eigenvalue weighted by molar-refractivity contribution is 0.893. The van der Waals surface area contributed by atoms with Gasteiger partial charge in [-0.1, -0.05) is 25.1 Å². The van der Waals surface area contributed by atoms with E-state index in [0.29, 0.717) is 0 Å². The van der Waals surface area contributed by atoms with Crippen molar-refractivity contribution in [3.8, 4) is 0 Å². The number of rotatable bonds is 4. The zero-order valence-corrected chi connectivity index (χ0v) is 7.54. The van der Waals surface area contributed by atoms with Crippen LogP contribution in [0.5, 0.6) is 0 Å². The third kappa shape index (κ3) is 2.66. The fraction of sp³-hybridized carbons (Fsp3) is 0.667. The Kier molecular flexibility index (Phi) is 3.75. The van der Waals surface area contributed by atoms with Gasteiger partial charge in [0, 0.05) is 5.75 Å². The Hall–Kier alpha value is -0.0900. The van der Waals surface area contributed by atoms with E-state index in [0.717, 1.165) is 10.9 Å². The molecule has 0 aromatic carbocycles. The smallest absolute Gasteiger partial charge is 0.200 e. The number of unbranched alkanes of at least 4 members (excludes halogenated alkanes) is 1. The maximum absolute atomic E-state index is 4.08. The topological polar surface area (TPSA) is 25.8 Å². The molecule has 56 valence electrons. The second kappa shape index (κ2) is 4.68. The molecule has 0 atom stereocenters. The summed E-state index contributed by atoms with van der Waals surface area (Å²) in [5.74, 6) is 1.15. The van der Waals surface area contributed by atoms with Crippen molar-refractivity contribution in [2.75, 3.05) is 5.75 Å². The van der Waals surface area contributed by atoms with Gasteiger partial charge in [-0.15, -0.1) is 0 Å². The van der Waals surface area contributed by atoms with Crippen LogP contribution in [-0.4, -0.2) is 15.1 Å². The molecule has 0 radical (unpaired) electrons. The Morgan fingerprint density at radius 2 is 2.60 bits per heavy atom. The van der Waals surface area contributed by atoms with Crippen molar-refractivity contribution >= 4 is 23.3 Å². The van der Waals surface area contributed by atoms with Crippen LogP contribution in [0.2, 0.25) is 0 Å². The van der Waals surface area contributed by atoms with Gasteiger partial charge in [0.2, 0.25) is 0 Å². The molecule has 0 N–H and O–H groups in total. The van der Waals surface area contributed by atoms with Gasteiger partial charge in [-0.05, 0) is 18.0 Å². The quantitative estimate of drug-likeness (QED) is 0.518. The van der Waals surface area contributed by atoms with E-state index in [1.165, 1.54) is 24.4 Å². The van der Waals surface area contributed by atoms with Crippen LogP contribution in [0.1, 0.15) is 19.8 Å². The van der Waals surface area contributed by atoms with Crippen LogP contribution in [0.4, 0.5) is 0 Å². The Labute approximate surface area is 69.2 Å². The summed E-state index contributed by atoms with van der Waals surface area (Å²) in [6, 6.07) is 0. The molecule has 0 spiro atoms. The molecular formula is C6H10N2S2. The second-order valence-electron chi connectivity index (χ2n) is 1.92. The lowest BCUT2D eigenvalue weighted by Crippen LogP contribution is -1.78. The molecule has 4 heteroatoms. The standard InChI is InChI=1S/C6H10N2S2/c1-2-3-4-9-6-7-5-10-8-6/h5H,2-4H2,1H3. The van der Waals surface area contributed by atoms with Gasteiger partial charge in [0.05, 0.1) is 0 Å². The Morgan fingerprint density at radius 3 is 3.20 bits per heavy atom. The summed E-state index contributed by atoms with van der Waals surface area (Å²) < 4.78 is 4.08. The van der Waals surface area contributed by atoms with Crippen LogP contribution < -0.4 is 0 Å². The summed E-state index contributed by atoms with van der Waals surface area (Å²) in [4.78, 5) is 4.06. The van der Waals surface area contributed by atoms with Crippen LogP contribution in [0.3, 0.4) is 0 Å². The molecule has 1 rings (SSSR count). The molecule has 1 heterocycles. The van der Waals surface area contributed by atoms with Crippen LogP contribution in [0.25, 0.3) is 0 Å². The van der Waals surface area contributed by atoms with E-state index in [-0.39, 0.29) is 0 Å². The summed E-state index contributed by atoms with van der Waals surface area (Å²) >= 11 is 3.16. The first-order valence-corrected chi connectivity index (χ1v) is 5.15. The predicted molar refractivity (Wildman–Crippen MR) is 45.5 cm³/mol. The fourth-order valence-corrected chi connectivity index (χ4v) is 2.01. The van der Waals surface area contributed by atoms with E-state index in [1.54, 1.807) is 17.3 Å². The minimum Gasteiger partial charge on any atom is -0.218 e. The normalized spacial score (nSPS) is 10.1. The molecule has 0 aliphatic rings. The molecule has 2 nitrogen and oxygen atoms in total. The minimum atomic E-state index is 0.929. The van der Waals surface area contributed by atoms with Crippen molar-refractivity contribution in [2.24, 2.45) is 0 Å². The summed E-state index contributed by atoms with van der Waals surface area (Å²) in [6.07, 6.45) is 2.50. The number of thioether (sulfide) groups is 1. The first kappa shape index (κ1) is 8.01. The molecule has 0 bridgehead atoms. The van der Waals surface area contributed by atoms with E-state index in [9.17, 15) is 0 Å². The largest absolute Gasteiger partial charge is 0.218 e. The zero-order valence-electron chi connectivity index (χ0n) is 5.91. The zero-order chi connectivity index (χ0) is 7.23. The summed E-state index contributed by atoms with van der Waals surface area (Å²) in [5.41, 5.74) is 1.77. The first-order chi connectivity index (χ1) is 4.93. The molecule has 0 aliphatic heterocycles. The highest BCUT2D eigenvalue weighted by atomic mass is 32.2. The average Bonchev–Trinajstić information content (AvgIpc) is 2.41. The van der Waals surface area contributed by atoms with Crippen molar-refractivity contribution in [2.45, 2.75) is 24.9 Å². The molecule has 0 saturated heterocycles. The van der Waals surface area contributed by atoms with E-state index in [2.05, 4.69) is 16.3 Å². The van der Waals surface area contributed by atoms with Crippen LogP contribution >= 0.6 is 23.3 Å². The van der Waals surface area contributed by atoms with E-state index >= 15 is 0 Å².